The van der Waals surface area contributed by atoms with Crippen molar-refractivity contribution >= 4 is 0 Å². The van der Waals surface area contributed by atoms with Crippen LogP contribution in [0.4, 0.5) is 0 Å². The molecule has 0 amide bonds. The molecule has 1 heterocycles. The monoisotopic (exact) mass is 239 g/mol. The van der Waals surface area contributed by atoms with Crippen LogP contribution in [0, 0.1) is 17.3 Å². The molecular weight excluding hydrogens is 210 g/mol. The Balaban J connectivity index is 1.85. The van der Waals surface area contributed by atoms with Gasteiger partial charge in [0.25, 0.3) is 0 Å². The quantitative estimate of drug-likeness (QED) is 0.818. The van der Waals surface area contributed by atoms with Crippen LogP contribution in [0.2, 0.25) is 0 Å². The molecule has 2 aliphatic rings. The lowest BCUT2D eigenvalue weighted by atomic mass is 9.78. The van der Waals surface area contributed by atoms with Crippen molar-refractivity contribution in [3.8, 4) is 0 Å². The highest BCUT2D eigenvalue weighted by atomic mass is 16.3. The van der Waals surface area contributed by atoms with Crippen molar-refractivity contribution < 1.29 is 5.11 Å². The third kappa shape index (κ3) is 3.45. The zero-order chi connectivity index (χ0) is 12.5. The minimum atomic E-state index is -0.0403. The van der Waals surface area contributed by atoms with Crippen LogP contribution in [-0.2, 0) is 0 Å². The van der Waals surface area contributed by atoms with Gasteiger partial charge in [-0.1, -0.05) is 27.2 Å². The van der Waals surface area contributed by atoms with E-state index in [4.69, 9.17) is 0 Å². The second-order valence-electron chi connectivity index (χ2n) is 7.06. The summed E-state index contributed by atoms with van der Waals surface area (Å²) in [6, 6.07) is 0. The van der Waals surface area contributed by atoms with Crippen molar-refractivity contribution in [3.05, 3.63) is 0 Å². The first kappa shape index (κ1) is 13.4. The maximum absolute atomic E-state index is 10.1. The molecule has 17 heavy (non-hydrogen) atoms. The molecule has 1 aliphatic carbocycles. The molecule has 2 rings (SSSR count). The largest absolute Gasteiger partial charge is 0.393 e. The Morgan fingerprint density at radius 2 is 2.06 bits per heavy atom. The van der Waals surface area contributed by atoms with E-state index in [-0.39, 0.29) is 6.10 Å². The Bertz CT molecular complexity index is 251. The molecule has 3 unspecified atom stereocenters. The lowest BCUT2D eigenvalue weighted by Gasteiger charge is -2.35. The number of hydrogen-bond donors (Lipinski definition) is 1. The van der Waals surface area contributed by atoms with E-state index in [1.807, 2.05) is 0 Å². The molecule has 2 fully saturated rings. The van der Waals surface area contributed by atoms with Crippen molar-refractivity contribution in [2.45, 2.75) is 59.0 Å². The first-order chi connectivity index (χ1) is 8.00. The Kier molecular flexibility index (Phi) is 4.14. The van der Waals surface area contributed by atoms with Gasteiger partial charge in [0.15, 0.2) is 0 Å². The van der Waals surface area contributed by atoms with Crippen LogP contribution in [0.5, 0.6) is 0 Å². The molecule has 0 aromatic rings. The van der Waals surface area contributed by atoms with Gasteiger partial charge in [-0.3, -0.25) is 0 Å². The standard InChI is InChI=1S/C15H29NO/c1-4-12-5-6-14(17)13(9-12)10-16-8-7-15(2,3)11-16/h12-14,17H,4-11H2,1-3H3. The lowest BCUT2D eigenvalue weighted by Crippen LogP contribution is -2.38. The molecule has 0 aromatic heterocycles. The summed E-state index contributed by atoms with van der Waals surface area (Å²) in [5.74, 6) is 1.39. The summed E-state index contributed by atoms with van der Waals surface area (Å²) in [4.78, 5) is 2.58. The highest BCUT2D eigenvalue weighted by molar-refractivity contribution is 4.87. The van der Waals surface area contributed by atoms with E-state index in [2.05, 4.69) is 25.7 Å². The molecule has 1 N–H and O–H groups in total. The third-order valence-electron chi connectivity index (χ3n) is 4.88. The van der Waals surface area contributed by atoms with Gasteiger partial charge in [0.2, 0.25) is 0 Å². The highest BCUT2D eigenvalue weighted by Crippen LogP contribution is 2.34. The first-order valence-corrected chi connectivity index (χ1v) is 7.40. The Morgan fingerprint density at radius 1 is 1.29 bits per heavy atom. The Morgan fingerprint density at radius 3 is 2.65 bits per heavy atom. The van der Waals surface area contributed by atoms with Gasteiger partial charge < -0.3 is 10.0 Å². The number of likely N-dealkylation sites (tertiary alicyclic amines) is 1. The maximum atomic E-state index is 10.1. The van der Waals surface area contributed by atoms with Crippen LogP contribution < -0.4 is 0 Å². The number of nitrogens with zero attached hydrogens (tertiary/aromatic N) is 1. The Hall–Kier alpha value is -0.0800. The topological polar surface area (TPSA) is 23.5 Å². The fourth-order valence-electron chi connectivity index (χ4n) is 3.62. The van der Waals surface area contributed by atoms with E-state index < -0.39 is 0 Å². The number of rotatable bonds is 3. The summed E-state index contributed by atoms with van der Waals surface area (Å²) in [6.07, 6.45) is 6.07. The van der Waals surface area contributed by atoms with E-state index in [9.17, 15) is 5.11 Å². The molecule has 0 bridgehead atoms. The second-order valence-corrected chi connectivity index (χ2v) is 7.06. The summed E-state index contributed by atoms with van der Waals surface area (Å²) in [5.41, 5.74) is 0.490. The zero-order valence-electron chi connectivity index (χ0n) is 11.8. The maximum Gasteiger partial charge on any atom is 0.0580 e. The molecule has 2 heteroatoms. The number of aliphatic hydroxyl groups is 1. The predicted molar refractivity (Wildman–Crippen MR) is 72.0 cm³/mol. The van der Waals surface area contributed by atoms with Gasteiger partial charge in [-0.05, 0) is 49.5 Å². The van der Waals surface area contributed by atoms with Crippen LogP contribution >= 0.6 is 0 Å². The average molecular weight is 239 g/mol. The third-order valence-corrected chi connectivity index (χ3v) is 4.88. The van der Waals surface area contributed by atoms with E-state index in [1.54, 1.807) is 0 Å². The van der Waals surface area contributed by atoms with Gasteiger partial charge in [-0.2, -0.15) is 0 Å². The highest BCUT2D eigenvalue weighted by Gasteiger charge is 2.34. The van der Waals surface area contributed by atoms with Gasteiger partial charge in [-0.15, -0.1) is 0 Å². The van der Waals surface area contributed by atoms with Crippen molar-refractivity contribution in [1.29, 1.82) is 0 Å². The van der Waals surface area contributed by atoms with Crippen molar-refractivity contribution in [1.82, 2.24) is 4.90 Å². The smallest absolute Gasteiger partial charge is 0.0580 e. The summed E-state index contributed by atoms with van der Waals surface area (Å²) in [6.45, 7) is 10.6. The van der Waals surface area contributed by atoms with Gasteiger partial charge in [-0.25, -0.2) is 0 Å². The molecule has 1 aliphatic heterocycles. The van der Waals surface area contributed by atoms with Crippen LogP contribution in [0.25, 0.3) is 0 Å². The molecule has 0 radical (unpaired) electrons. The fourth-order valence-corrected chi connectivity index (χ4v) is 3.62. The van der Waals surface area contributed by atoms with E-state index in [0.29, 0.717) is 11.3 Å². The van der Waals surface area contributed by atoms with E-state index >= 15 is 0 Å². The zero-order valence-corrected chi connectivity index (χ0v) is 11.8. The van der Waals surface area contributed by atoms with Crippen LogP contribution in [0.15, 0.2) is 0 Å². The molecule has 2 nitrogen and oxygen atoms in total. The first-order valence-electron chi connectivity index (χ1n) is 7.40. The lowest BCUT2D eigenvalue weighted by molar-refractivity contribution is 0.0292. The average Bonchev–Trinajstić information content (AvgIpc) is 2.61. The number of hydrogen-bond acceptors (Lipinski definition) is 2. The fraction of sp³-hybridized carbons (Fsp3) is 1.00. The molecule has 3 atom stereocenters. The summed E-state index contributed by atoms with van der Waals surface area (Å²) in [7, 11) is 0. The second kappa shape index (κ2) is 5.27. The van der Waals surface area contributed by atoms with Crippen molar-refractivity contribution in [2.24, 2.45) is 17.3 Å². The van der Waals surface area contributed by atoms with E-state index in [0.717, 1.165) is 18.9 Å². The van der Waals surface area contributed by atoms with Gasteiger partial charge in [0, 0.05) is 13.1 Å². The van der Waals surface area contributed by atoms with Crippen LogP contribution in [-0.4, -0.2) is 35.7 Å². The van der Waals surface area contributed by atoms with Crippen molar-refractivity contribution in [2.75, 3.05) is 19.6 Å². The SMILES string of the molecule is CCC1CCC(O)C(CN2CCC(C)(C)C2)C1. The molecule has 1 saturated heterocycles. The summed E-state index contributed by atoms with van der Waals surface area (Å²) >= 11 is 0. The minimum absolute atomic E-state index is 0.0403. The van der Waals surface area contributed by atoms with Crippen LogP contribution in [0.1, 0.15) is 52.9 Å². The van der Waals surface area contributed by atoms with Gasteiger partial charge in [0.05, 0.1) is 6.10 Å². The molecule has 0 spiro atoms. The summed E-state index contributed by atoms with van der Waals surface area (Å²) < 4.78 is 0. The predicted octanol–water partition coefficient (Wildman–Crippen LogP) is 2.91. The van der Waals surface area contributed by atoms with Crippen molar-refractivity contribution in [3.63, 3.8) is 0 Å². The number of aliphatic hydroxyl groups excluding tert-OH is 1. The van der Waals surface area contributed by atoms with E-state index in [1.165, 1.54) is 38.8 Å². The summed E-state index contributed by atoms with van der Waals surface area (Å²) in [5, 5.41) is 10.1. The molecule has 1 saturated carbocycles. The molecular formula is C15H29NO. The van der Waals surface area contributed by atoms with Gasteiger partial charge in [0.1, 0.15) is 0 Å². The normalized spacial score (nSPS) is 38.5. The molecule has 0 aromatic carbocycles. The molecule has 100 valence electrons. The van der Waals surface area contributed by atoms with Gasteiger partial charge >= 0.3 is 0 Å². The van der Waals surface area contributed by atoms with Crippen LogP contribution in [0.3, 0.4) is 0 Å². The Labute approximate surface area is 106 Å². The minimum Gasteiger partial charge on any atom is -0.393 e.